The molecular formula is C15H11BrF2N2O. The highest BCUT2D eigenvalue weighted by Crippen LogP contribution is 2.31. The molecule has 0 fully saturated rings. The smallest absolute Gasteiger partial charge is 0.201 e. The molecule has 108 valence electrons. The van der Waals surface area contributed by atoms with Crippen molar-refractivity contribution >= 4 is 15.9 Å². The Kier molecular flexibility index (Phi) is 4.89. The highest BCUT2D eigenvalue weighted by Gasteiger charge is 2.14. The van der Waals surface area contributed by atoms with Crippen LogP contribution in [0.3, 0.4) is 0 Å². The van der Waals surface area contributed by atoms with Gasteiger partial charge in [-0.2, -0.15) is 9.65 Å². The van der Waals surface area contributed by atoms with Gasteiger partial charge in [0.05, 0.1) is 5.56 Å². The van der Waals surface area contributed by atoms with E-state index in [1.807, 2.05) is 6.07 Å². The third kappa shape index (κ3) is 3.57. The van der Waals surface area contributed by atoms with Crippen molar-refractivity contribution in [3.8, 4) is 17.6 Å². The summed E-state index contributed by atoms with van der Waals surface area (Å²) >= 11 is 3.07. The number of hydrogen-bond acceptors (Lipinski definition) is 3. The molecule has 0 aliphatic heterocycles. The first-order chi connectivity index (χ1) is 10.0. The van der Waals surface area contributed by atoms with Crippen molar-refractivity contribution in [1.29, 1.82) is 5.26 Å². The van der Waals surface area contributed by atoms with Crippen molar-refractivity contribution in [2.24, 2.45) is 0 Å². The predicted octanol–water partition coefficient (Wildman–Crippen LogP) is 4.11. The molecule has 0 bridgehead atoms. The summed E-state index contributed by atoms with van der Waals surface area (Å²) in [5, 5.41) is 12.1. The Labute approximate surface area is 129 Å². The molecule has 0 unspecified atom stereocenters. The van der Waals surface area contributed by atoms with Crippen molar-refractivity contribution in [3.63, 3.8) is 0 Å². The molecule has 0 amide bonds. The fourth-order valence-corrected chi connectivity index (χ4v) is 2.20. The molecule has 1 N–H and O–H groups in total. The van der Waals surface area contributed by atoms with Crippen molar-refractivity contribution in [1.82, 2.24) is 5.32 Å². The predicted molar refractivity (Wildman–Crippen MR) is 78.1 cm³/mol. The lowest BCUT2D eigenvalue weighted by atomic mass is 10.1. The van der Waals surface area contributed by atoms with E-state index in [-0.39, 0.29) is 17.1 Å². The van der Waals surface area contributed by atoms with E-state index in [1.54, 1.807) is 25.2 Å². The molecule has 2 rings (SSSR count). The monoisotopic (exact) mass is 352 g/mol. The van der Waals surface area contributed by atoms with E-state index in [1.165, 1.54) is 6.07 Å². The van der Waals surface area contributed by atoms with Gasteiger partial charge in [-0.1, -0.05) is 22.0 Å². The van der Waals surface area contributed by atoms with E-state index in [2.05, 4.69) is 21.2 Å². The van der Waals surface area contributed by atoms with Crippen LogP contribution >= 0.6 is 15.9 Å². The van der Waals surface area contributed by atoms with Gasteiger partial charge in [0.2, 0.25) is 5.82 Å². The van der Waals surface area contributed by atoms with Crippen LogP contribution in [0.5, 0.6) is 11.5 Å². The fourth-order valence-electron chi connectivity index (χ4n) is 1.79. The largest absolute Gasteiger partial charge is 0.453 e. The van der Waals surface area contributed by atoms with Gasteiger partial charge >= 0.3 is 0 Å². The second kappa shape index (κ2) is 6.66. The van der Waals surface area contributed by atoms with E-state index in [0.29, 0.717) is 11.0 Å². The molecular weight excluding hydrogens is 342 g/mol. The lowest BCUT2D eigenvalue weighted by Crippen LogP contribution is -2.05. The van der Waals surface area contributed by atoms with Crippen molar-refractivity contribution in [3.05, 3.63) is 57.6 Å². The average Bonchev–Trinajstić information content (AvgIpc) is 2.46. The molecule has 2 aromatic rings. The molecule has 2 aromatic carbocycles. The third-order valence-corrected chi connectivity index (χ3v) is 3.18. The Morgan fingerprint density at radius 3 is 2.67 bits per heavy atom. The maximum absolute atomic E-state index is 13.7. The Balaban J connectivity index is 2.38. The summed E-state index contributed by atoms with van der Waals surface area (Å²) in [5.74, 6) is -2.22. The van der Waals surface area contributed by atoms with Crippen LogP contribution in [0.1, 0.15) is 11.1 Å². The number of halogens is 3. The van der Waals surface area contributed by atoms with E-state index in [4.69, 9.17) is 10.00 Å². The Bertz CT molecular complexity index is 714. The first kappa shape index (κ1) is 15.4. The number of ether oxygens (including phenoxy) is 1. The number of nitrogens with zero attached hydrogens (tertiary/aromatic N) is 1. The second-order valence-corrected chi connectivity index (χ2v) is 5.19. The molecule has 0 saturated carbocycles. The molecule has 0 heterocycles. The lowest BCUT2D eigenvalue weighted by Gasteiger charge is -2.10. The van der Waals surface area contributed by atoms with E-state index >= 15 is 0 Å². The highest BCUT2D eigenvalue weighted by molar-refractivity contribution is 9.10. The minimum Gasteiger partial charge on any atom is -0.453 e. The Hall–Kier alpha value is -1.97. The van der Waals surface area contributed by atoms with Gasteiger partial charge < -0.3 is 10.1 Å². The van der Waals surface area contributed by atoms with Crippen LogP contribution in [0.2, 0.25) is 0 Å². The van der Waals surface area contributed by atoms with Gasteiger partial charge in [0.1, 0.15) is 11.8 Å². The lowest BCUT2D eigenvalue weighted by molar-refractivity contribution is 0.414. The van der Waals surface area contributed by atoms with Crippen LogP contribution in [-0.4, -0.2) is 7.05 Å². The van der Waals surface area contributed by atoms with Crippen molar-refractivity contribution < 1.29 is 13.5 Å². The topological polar surface area (TPSA) is 45.0 Å². The fraction of sp³-hybridized carbons (Fsp3) is 0.133. The number of benzene rings is 2. The first-order valence-electron chi connectivity index (χ1n) is 6.05. The van der Waals surface area contributed by atoms with Crippen LogP contribution < -0.4 is 10.1 Å². The summed E-state index contributed by atoms with van der Waals surface area (Å²) < 4.78 is 32.7. The zero-order valence-electron chi connectivity index (χ0n) is 11.1. The highest BCUT2D eigenvalue weighted by atomic mass is 79.9. The van der Waals surface area contributed by atoms with Crippen LogP contribution in [0, 0.1) is 23.0 Å². The number of rotatable bonds is 4. The molecule has 0 atom stereocenters. The molecule has 0 radical (unpaired) electrons. The molecule has 0 saturated heterocycles. The molecule has 0 spiro atoms. The molecule has 0 aromatic heterocycles. The molecule has 0 aliphatic carbocycles. The standard InChI is InChI=1S/C15H11BrF2N2O/c1-20-8-9-2-3-13(10(4-9)7-19)21-14-6-11(16)5-12(17)15(14)18/h2-6,20H,8H2,1H3. The Morgan fingerprint density at radius 1 is 1.24 bits per heavy atom. The van der Waals surface area contributed by atoms with Gasteiger partial charge in [-0.3, -0.25) is 0 Å². The molecule has 3 nitrogen and oxygen atoms in total. The van der Waals surface area contributed by atoms with Crippen molar-refractivity contribution in [2.45, 2.75) is 6.54 Å². The summed E-state index contributed by atoms with van der Waals surface area (Å²) in [7, 11) is 1.79. The summed E-state index contributed by atoms with van der Waals surface area (Å²) in [6.07, 6.45) is 0. The van der Waals surface area contributed by atoms with Crippen LogP contribution in [0.4, 0.5) is 8.78 Å². The van der Waals surface area contributed by atoms with Gasteiger partial charge in [-0.15, -0.1) is 0 Å². The van der Waals surface area contributed by atoms with Gasteiger partial charge in [0.15, 0.2) is 11.6 Å². The summed E-state index contributed by atoms with van der Waals surface area (Å²) in [6.45, 7) is 0.592. The van der Waals surface area contributed by atoms with Gasteiger partial charge in [0.25, 0.3) is 0 Å². The zero-order valence-corrected chi connectivity index (χ0v) is 12.7. The van der Waals surface area contributed by atoms with Gasteiger partial charge in [0, 0.05) is 11.0 Å². The SMILES string of the molecule is CNCc1ccc(Oc2cc(Br)cc(F)c2F)c(C#N)c1. The Morgan fingerprint density at radius 2 is 2.00 bits per heavy atom. The van der Waals surface area contributed by atoms with Crippen LogP contribution in [0.15, 0.2) is 34.8 Å². The van der Waals surface area contributed by atoms with Crippen LogP contribution in [-0.2, 0) is 6.54 Å². The minimum absolute atomic E-state index is 0.175. The maximum Gasteiger partial charge on any atom is 0.201 e. The van der Waals surface area contributed by atoms with E-state index < -0.39 is 11.6 Å². The molecule has 21 heavy (non-hydrogen) atoms. The number of nitrogens with one attached hydrogen (secondary N) is 1. The normalized spacial score (nSPS) is 10.2. The third-order valence-electron chi connectivity index (χ3n) is 2.72. The summed E-state index contributed by atoms with van der Waals surface area (Å²) in [6, 6.07) is 9.24. The van der Waals surface area contributed by atoms with Gasteiger partial charge in [-0.25, -0.2) is 4.39 Å². The minimum atomic E-state index is -1.10. The van der Waals surface area contributed by atoms with E-state index in [9.17, 15) is 8.78 Å². The summed E-state index contributed by atoms with van der Waals surface area (Å²) in [4.78, 5) is 0. The molecule has 0 aliphatic rings. The quantitative estimate of drug-likeness (QED) is 0.842. The van der Waals surface area contributed by atoms with Crippen molar-refractivity contribution in [2.75, 3.05) is 7.05 Å². The first-order valence-corrected chi connectivity index (χ1v) is 6.84. The zero-order chi connectivity index (χ0) is 15.4. The molecule has 6 heteroatoms. The van der Waals surface area contributed by atoms with Crippen LogP contribution in [0.25, 0.3) is 0 Å². The second-order valence-electron chi connectivity index (χ2n) is 4.27. The number of nitriles is 1. The van der Waals surface area contributed by atoms with Gasteiger partial charge in [-0.05, 0) is 36.9 Å². The average molecular weight is 353 g/mol. The number of hydrogen-bond donors (Lipinski definition) is 1. The summed E-state index contributed by atoms with van der Waals surface area (Å²) in [5.41, 5.74) is 1.14. The maximum atomic E-state index is 13.7. The van der Waals surface area contributed by atoms with E-state index in [0.717, 1.165) is 11.6 Å².